The molecule has 5 N–H and O–H groups in total. The molecule has 0 fully saturated rings. The SMILES string of the molecule is CCCCC(CC)COO.O=C(O)O.O=C(O)O. The van der Waals surface area contributed by atoms with E-state index in [4.69, 9.17) is 35.3 Å². The summed E-state index contributed by atoms with van der Waals surface area (Å²) in [5.74, 6) is 0.546. The van der Waals surface area contributed by atoms with Crippen LogP contribution >= 0.6 is 0 Å². The summed E-state index contributed by atoms with van der Waals surface area (Å²) in [5.41, 5.74) is 0. The fourth-order valence-electron chi connectivity index (χ4n) is 1.00. The van der Waals surface area contributed by atoms with Crippen molar-refractivity contribution in [1.82, 2.24) is 0 Å². The van der Waals surface area contributed by atoms with Crippen LogP contribution in [0.25, 0.3) is 0 Å². The summed E-state index contributed by atoms with van der Waals surface area (Å²) in [4.78, 5) is 21.2. The Kier molecular flexibility index (Phi) is 21.5. The molecule has 0 spiro atoms. The molecule has 0 aliphatic carbocycles. The number of hydrogen-bond acceptors (Lipinski definition) is 4. The highest BCUT2D eigenvalue weighted by Gasteiger charge is 2.04. The van der Waals surface area contributed by atoms with Crippen LogP contribution in [-0.2, 0) is 4.89 Å². The van der Waals surface area contributed by atoms with E-state index in [0.29, 0.717) is 12.5 Å². The predicted molar refractivity (Wildman–Crippen MR) is 63.2 cm³/mol. The van der Waals surface area contributed by atoms with Gasteiger partial charge >= 0.3 is 12.3 Å². The molecular weight excluding hydrogens is 248 g/mol. The van der Waals surface area contributed by atoms with Gasteiger partial charge in [-0.15, -0.1) is 0 Å². The maximum absolute atomic E-state index is 8.56. The lowest BCUT2D eigenvalue weighted by atomic mass is 10.0. The Morgan fingerprint density at radius 1 is 1.06 bits per heavy atom. The van der Waals surface area contributed by atoms with Crippen LogP contribution in [0, 0.1) is 5.92 Å². The molecule has 0 aromatic rings. The standard InChI is InChI=1S/C8H18O2.2CH2O3/c1-3-5-6-8(4-2)7-10-9;2*2-1(3)4/h8-9H,3-7H2,1-2H3;2*(H2,2,3,4). The van der Waals surface area contributed by atoms with Crippen LogP contribution in [0.15, 0.2) is 0 Å². The maximum atomic E-state index is 8.56. The molecule has 110 valence electrons. The van der Waals surface area contributed by atoms with Crippen molar-refractivity contribution in [3.63, 3.8) is 0 Å². The van der Waals surface area contributed by atoms with E-state index in [1.54, 1.807) is 0 Å². The molecule has 0 heterocycles. The molecule has 0 aliphatic rings. The topological polar surface area (TPSA) is 145 Å². The molecule has 1 atom stereocenters. The van der Waals surface area contributed by atoms with Gasteiger partial charge in [0.25, 0.3) is 0 Å². The van der Waals surface area contributed by atoms with Gasteiger partial charge in [0, 0.05) is 0 Å². The Hall–Kier alpha value is -1.54. The van der Waals surface area contributed by atoms with Gasteiger partial charge in [-0.05, 0) is 12.3 Å². The zero-order chi connectivity index (χ0) is 15.0. The van der Waals surface area contributed by atoms with Crippen molar-refractivity contribution in [2.24, 2.45) is 5.92 Å². The monoisotopic (exact) mass is 270 g/mol. The molecule has 0 aromatic carbocycles. The highest BCUT2D eigenvalue weighted by molar-refractivity contribution is 5.53. The average molecular weight is 270 g/mol. The Balaban J connectivity index is -0.000000233. The van der Waals surface area contributed by atoms with Gasteiger partial charge in [0.15, 0.2) is 0 Å². The van der Waals surface area contributed by atoms with Gasteiger partial charge in [0.2, 0.25) is 0 Å². The smallest absolute Gasteiger partial charge is 0.450 e. The van der Waals surface area contributed by atoms with Crippen molar-refractivity contribution >= 4 is 12.3 Å². The van der Waals surface area contributed by atoms with E-state index in [2.05, 4.69) is 18.7 Å². The molecule has 0 saturated heterocycles. The molecular formula is C10H22O8. The van der Waals surface area contributed by atoms with Gasteiger partial charge in [-0.25, -0.2) is 14.5 Å². The van der Waals surface area contributed by atoms with E-state index in [1.807, 2.05) is 0 Å². The van der Waals surface area contributed by atoms with Crippen LogP contribution in [-0.4, -0.2) is 44.6 Å². The highest BCUT2D eigenvalue weighted by atomic mass is 17.1. The maximum Gasteiger partial charge on any atom is 0.503 e. The van der Waals surface area contributed by atoms with E-state index in [1.165, 1.54) is 19.3 Å². The number of unbranched alkanes of at least 4 members (excludes halogenated alkanes) is 1. The quantitative estimate of drug-likeness (QED) is 0.365. The summed E-state index contributed by atoms with van der Waals surface area (Å²) in [7, 11) is 0. The highest BCUT2D eigenvalue weighted by Crippen LogP contribution is 2.11. The van der Waals surface area contributed by atoms with Crippen molar-refractivity contribution in [3.05, 3.63) is 0 Å². The third kappa shape index (κ3) is 47.1. The van der Waals surface area contributed by atoms with Crippen LogP contribution in [0.5, 0.6) is 0 Å². The second-order valence-electron chi connectivity index (χ2n) is 3.28. The molecule has 18 heavy (non-hydrogen) atoms. The number of carbonyl (C=O) groups is 2. The first-order chi connectivity index (χ1) is 8.31. The van der Waals surface area contributed by atoms with E-state index in [0.717, 1.165) is 6.42 Å². The molecule has 0 aromatic heterocycles. The average Bonchev–Trinajstić information content (AvgIpc) is 2.22. The summed E-state index contributed by atoms with van der Waals surface area (Å²) in [6.07, 6.45) is 1.07. The molecule has 0 saturated carbocycles. The first kappa shape index (κ1) is 21.7. The molecule has 8 heteroatoms. The zero-order valence-corrected chi connectivity index (χ0v) is 10.6. The minimum atomic E-state index is -1.83. The fraction of sp³-hybridized carbons (Fsp3) is 0.800. The van der Waals surface area contributed by atoms with Gasteiger partial charge < -0.3 is 20.4 Å². The van der Waals surface area contributed by atoms with Crippen LogP contribution in [0.3, 0.4) is 0 Å². The third-order valence-electron chi connectivity index (χ3n) is 1.85. The van der Waals surface area contributed by atoms with Crippen LogP contribution in [0.2, 0.25) is 0 Å². The van der Waals surface area contributed by atoms with E-state index in [-0.39, 0.29) is 0 Å². The van der Waals surface area contributed by atoms with Gasteiger partial charge in [-0.1, -0.05) is 33.1 Å². The predicted octanol–water partition coefficient (Wildman–Crippen LogP) is 3.14. The summed E-state index contributed by atoms with van der Waals surface area (Å²) in [6.45, 7) is 4.79. The fourth-order valence-corrected chi connectivity index (χ4v) is 1.00. The minimum Gasteiger partial charge on any atom is -0.450 e. The second-order valence-corrected chi connectivity index (χ2v) is 3.28. The van der Waals surface area contributed by atoms with Crippen LogP contribution < -0.4 is 0 Å². The number of carboxylic acid groups (broad SMARTS) is 4. The summed E-state index contributed by atoms with van der Waals surface area (Å²) in [6, 6.07) is 0. The van der Waals surface area contributed by atoms with Crippen LogP contribution in [0.4, 0.5) is 9.59 Å². The Bertz CT molecular complexity index is 174. The summed E-state index contributed by atoms with van der Waals surface area (Å²) >= 11 is 0. The van der Waals surface area contributed by atoms with Crippen molar-refractivity contribution in [1.29, 1.82) is 0 Å². The lowest BCUT2D eigenvalue weighted by Gasteiger charge is -2.10. The van der Waals surface area contributed by atoms with Crippen molar-refractivity contribution in [2.45, 2.75) is 39.5 Å². The molecule has 0 aliphatic heterocycles. The summed E-state index contributed by atoms with van der Waals surface area (Å²) < 4.78 is 0. The largest absolute Gasteiger partial charge is 0.503 e. The van der Waals surface area contributed by atoms with Gasteiger partial charge in [-0.2, -0.15) is 0 Å². The second kappa shape index (κ2) is 17.8. The third-order valence-corrected chi connectivity index (χ3v) is 1.85. The van der Waals surface area contributed by atoms with Crippen LogP contribution in [0.1, 0.15) is 39.5 Å². The van der Waals surface area contributed by atoms with E-state index < -0.39 is 12.3 Å². The number of hydrogen-bond donors (Lipinski definition) is 5. The molecule has 1 unspecified atom stereocenters. The normalized spacial score (nSPS) is 10.2. The molecule has 0 radical (unpaired) electrons. The van der Waals surface area contributed by atoms with Crippen molar-refractivity contribution in [3.8, 4) is 0 Å². The first-order valence-electron chi connectivity index (χ1n) is 5.41. The van der Waals surface area contributed by atoms with E-state index >= 15 is 0 Å². The minimum absolute atomic E-state index is 0.497. The number of rotatable bonds is 6. The molecule has 8 nitrogen and oxygen atoms in total. The lowest BCUT2D eigenvalue weighted by molar-refractivity contribution is -0.251. The Morgan fingerprint density at radius 3 is 1.67 bits per heavy atom. The lowest BCUT2D eigenvalue weighted by Crippen LogP contribution is -2.06. The van der Waals surface area contributed by atoms with Gasteiger partial charge in [0.1, 0.15) is 0 Å². The molecule has 0 amide bonds. The van der Waals surface area contributed by atoms with Gasteiger partial charge in [-0.3, -0.25) is 5.26 Å². The molecule has 0 bridgehead atoms. The van der Waals surface area contributed by atoms with E-state index in [9.17, 15) is 0 Å². The summed E-state index contributed by atoms with van der Waals surface area (Å²) in [5, 5.41) is 36.1. The van der Waals surface area contributed by atoms with Crippen molar-refractivity contribution < 1.29 is 40.2 Å². The van der Waals surface area contributed by atoms with Crippen molar-refractivity contribution in [2.75, 3.05) is 6.61 Å². The Morgan fingerprint density at radius 2 is 1.44 bits per heavy atom. The first-order valence-corrected chi connectivity index (χ1v) is 5.41. The zero-order valence-electron chi connectivity index (χ0n) is 10.6. The van der Waals surface area contributed by atoms with Gasteiger partial charge in [0.05, 0.1) is 6.61 Å². The molecule has 0 rings (SSSR count). The Labute approximate surface area is 105 Å².